The third-order valence-electron chi connectivity index (χ3n) is 3.20. The second-order valence-electron chi connectivity index (χ2n) is 5.41. The third-order valence-corrected chi connectivity index (χ3v) is 3.20. The van der Waals surface area contributed by atoms with Crippen LogP contribution in [-0.4, -0.2) is 69.1 Å². The van der Waals surface area contributed by atoms with Crippen LogP contribution in [0.2, 0.25) is 0 Å². The van der Waals surface area contributed by atoms with Gasteiger partial charge in [-0.15, -0.1) is 0 Å². The van der Waals surface area contributed by atoms with Gasteiger partial charge in [-0.05, 0) is 13.8 Å². The van der Waals surface area contributed by atoms with E-state index in [0.717, 1.165) is 0 Å². The molecule has 0 aliphatic heterocycles. The lowest BCUT2D eigenvalue weighted by Crippen LogP contribution is -2.42. The Kier molecular flexibility index (Phi) is 9.15. The molecule has 22 heavy (non-hydrogen) atoms. The van der Waals surface area contributed by atoms with E-state index in [1.807, 2.05) is 0 Å². The molecule has 0 amide bonds. The molecule has 0 spiro atoms. The van der Waals surface area contributed by atoms with Crippen LogP contribution in [0, 0.1) is 5.92 Å². The molecule has 5 unspecified atom stereocenters. The summed E-state index contributed by atoms with van der Waals surface area (Å²) in [4.78, 5) is 11.7. The van der Waals surface area contributed by atoms with Gasteiger partial charge in [0.05, 0.1) is 12.7 Å². The second kappa shape index (κ2) is 9.70. The zero-order chi connectivity index (χ0) is 17.4. The fourth-order valence-electron chi connectivity index (χ4n) is 1.74. The van der Waals surface area contributed by atoms with Crippen LogP contribution in [0.1, 0.15) is 20.8 Å². The summed E-state index contributed by atoms with van der Waals surface area (Å²) in [6, 6.07) is 0. The standard InChI is InChI=1S/C15H26O7/c1-8(2)13(19)9(3)5-10(4)15(21)22-7-12(18)14(20)11(17)6-16/h5,9,11-14,16-20H,1,6-7H2,2-4H3/b10-5+. The highest BCUT2D eigenvalue weighted by molar-refractivity contribution is 5.87. The number of carbonyl (C=O) groups is 1. The Hall–Kier alpha value is -1.25. The first-order valence-electron chi connectivity index (χ1n) is 6.95. The third kappa shape index (κ3) is 6.67. The van der Waals surface area contributed by atoms with Gasteiger partial charge in [0.25, 0.3) is 0 Å². The molecule has 0 bridgehead atoms. The molecule has 0 radical (unpaired) electrons. The number of aliphatic hydroxyl groups is 5. The van der Waals surface area contributed by atoms with Gasteiger partial charge in [0.15, 0.2) is 0 Å². The van der Waals surface area contributed by atoms with E-state index >= 15 is 0 Å². The summed E-state index contributed by atoms with van der Waals surface area (Å²) in [6.45, 7) is 7.27. The van der Waals surface area contributed by atoms with Crippen molar-refractivity contribution < 1.29 is 35.1 Å². The average Bonchev–Trinajstić information content (AvgIpc) is 2.49. The molecule has 0 rings (SSSR count). The van der Waals surface area contributed by atoms with Crippen LogP contribution in [0.25, 0.3) is 0 Å². The molecule has 0 saturated heterocycles. The van der Waals surface area contributed by atoms with E-state index in [9.17, 15) is 20.1 Å². The fraction of sp³-hybridized carbons (Fsp3) is 0.667. The van der Waals surface area contributed by atoms with Crippen molar-refractivity contribution >= 4 is 5.97 Å². The summed E-state index contributed by atoms with van der Waals surface area (Å²) < 4.78 is 4.81. The summed E-state index contributed by atoms with van der Waals surface area (Å²) >= 11 is 0. The van der Waals surface area contributed by atoms with Gasteiger partial charge in [0.1, 0.15) is 24.9 Å². The van der Waals surface area contributed by atoms with Gasteiger partial charge in [-0.25, -0.2) is 4.79 Å². The molecule has 0 aromatic carbocycles. The highest BCUT2D eigenvalue weighted by Gasteiger charge is 2.25. The predicted molar refractivity (Wildman–Crippen MR) is 79.8 cm³/mol. The van der Waals surface area contributed by atoms with Crippen LogP contribution in [0.15, 0.2) is 23.8 Å². The molecular weight excluding hydrogens is 292 g/mol. The summed E-state index contributed by atoms with van der Waals surface area (Å²) in [5.41, 5.74) is 0.804. The largest absolute Gasteiger partial charge is 0.459 e. The monoisotopic (exact) mass is 318 g/mol. The van der Waals surface area contributed by atoms with E-state index in [2.05, 4.69) is 6.58 Å². The lowest BCUT2D eigenvalue weighted by atomic mass is 9.97. The van der Waals surface area contributed by atoms with Crippen LogP contribution in [0.4, 0.5) is 0 Å². The van der Waals surface area contributed by atoms with Gasteiger partial charge in [0.2, 0.25) is 0 Å². The smallest absolute Gasteiger partial charge is 0.333 e. The lowest BCUT2D eigenvalue weighted by Gasteiger charge is -2.21. The quantitative estimate of drug-likeness (QED) is 0.212. The Morgan fingerprint density at radius 2 is 1.73 bits per heavy atom. The molecule has 7 nitrogen and oxygen atoms in total. The van der Waals surface area contributed by atoms with Crippen molar-refractivity contribution in [1.29, 1.82) is 0 Å². The van der Waals surface area contributed by atoms with Crippen molar-refractivity contribution in [3.63, 3.8) is 0 Å². The summed E-state index contributed by atoms with van der Waals surface area (Å²) in [5, 5.41) is 46.5. The number of esters is 1. The molecule has 0 aliphatic carbocycles. The molecule has 5 N–H and O–H groups in total. The predicted octanol–water partition coefficient (Wildman–Crippen LogP) is -0.876. The Labute approximate surface area is 130 Å². The van der Waals surface area contributed by atoms with E-state index in [1.165, 1.54) is 13.0 Å². The SMILES string of the molecule is C=C(C)C(O)C(C)/C=C(\C)C(=O)OCC(O)C(O)C(O)CO. The molecule has 0 saturated carbocycles. The molecular formula is C15H26O7. The summed E-state index contributed by atoms with van der Waals surface area (Å²) in [6.07, 6.45) is -3.91. The van der Waals surface area contributed by atoms with Gasteiger partial charge in [-0.1, -0.05) is 25.2 Å². The van der Waals surface area contributed by atoms with Crippen molar-refractivity contribution in [1.82, 2.24) is 0 Å². The molecule has 0 aromatic heterocycles. The highest BCUT2D eigenvalue weighted by atomic mass is 16.5. The topological polar surface area (TPSA) is 127 Å². The van der Waals surface area contributed by atoms with Crippen LogP contribution in [0.3, 0.4) is 0 Å². The number of hydrogen-bond donors (Lipinski definition) is 5. The van der Waals surface area contributed by atoms with Gasteiger partial charge in [-0.3, -0.25) is 0 Å². The molecule has 0 heterocycles. The first kappa shape index (κ1) is 20.8. The van der Waals surface area contributed by atoms with E-state index < -0.39 is 43.6 Å². The van der Waals surface area contributed by atoms with Crippen molar-refractivity contribution in [2.75, 3.05) is 13.2 Å². The average molecular weight is 318 g/mol. The number of hydrogen-bond acceptors (Lipinski definition) is 7. The van der Waals surface area contributed by atoms with Crippen molar-refractivity contribution in [3.05, 3.63) is 23.8 Å². The second-order valence-corrected chi connectivity index (χ2v) is 5.41. The molecule has 128 valence electrons. The number of aliphatic hydroxyl groups excluding tert-OH is 5. The Morgan fingerprint density at radius 1 is 1.18 bits per heavy atom. The maximum Gasteiger partial charge on any atom is 0.333 e. The maximum absolute atomic E-state index is 11.7. The molecule has 0 aliphatic rings. The van der Waals surface area contributed by atoms with Crippen molar-refractivity contribution in [3.8, 4) is 0 Å². The summed E-state index contributed by atoms with van der Waals surface area (Å²) in [5.74, 6) is -1.05. The molecule has 0 fully saturated rings. The number of carbonyl (C=O) groups excluding carboxylic acids is 1. The Morgan fingerprint density at radius 3 is 2.18 bits per heavy atom. The van der Waals surface area contributed by atoms with Gasteiger partial charge < -0.3 is 30.3 Å². The van der Waals surface area contributed by atoms with Gasteiger partial charge in [-0.2, -0.15) is 0 Å². The molecule has 5 atom stereocenters. The van der Waals surface area contributed by atoms with Gasteiger partial charge in [0, 0.05) is 11.5 Å². The minimum absolute atomic E-state index is 0.234. The van der Waals surface area contributed by atoms with Crippen LogP contribution < -0.4 is 0 Å². The minimum atomic E-state index is -1.62. The Bertz CT molecular complexity index is 405. The van der Waals surface area contributed by atoms with Crippen LogP contribution in [-0.2, 0) is 9.53 Å². The van der Waals surface area contributed by atoms with Crippen molar-refractivity contribution in [2.45, 2.75) is 45.2 Å². The van der Waals surface area contributed by atoms with Crippen LogP contribution >= 0.6 is 0 Å². The number of rotatable bonds is 9. The van der Waals surface area contributed by atoms with Gasteiger partial charge >= 0.3 is 5.97 Å². The molecule has 7 heteroatoms. The van der Waals surface area contributed by atoms with E-state index in [-0.39, 0.29) is 11.5 Å². The fourth-order valence-corrected chi connectivity index (χ4v) is 1.74. The highest BCUT2D eigenvalue weighted by Crippen LogP contribution is 2.14. The zero-order valence-electron chi connectivity index (χ0n) is 13.1. The summed E-state index contributed by atoms with van der Waals surface area (Å²) in [7, 11) is 0. The normalized spacial score (nSPS) is 19.0. The number of ether oxygens (including phenoxy) is 1. The van der Waals surface area contributed by atoms with E-state index in [0.29, 0.717) is 5.57 Å². The van der Waals surface area contributed by atoms with E-state index in [4.69, 9.17) is 14.9 Å². The first-order valence-corrected chi connectivity index (χ1v) is 6.95. The van der Waals surface area contributed by atoms with Crippen LogP contribution in [0.5, 0.6) is 0 Å². The Balaban J connectivity index is 4.51. The zero-order valence-corrected chi connectivity index (χ0v) is 13.1. The van der Waals surface area contributed by atoms with Crippen molar-refractivity contribution in [2.24, 2.45) is 5.92 Å². The van der Waals surface area contributed by atoms with E-state index in [1.54, 1.807) is 13.8 Å². The molecule has 0 aromatic rings. The minimum Gasteiger partial charge on any atom is -0.459 e. The lowest BCUT2D eigenvalue weighted by molar-refractivity contribution is -0.148. The maximum atomic E-state index is 11.7. The first-order chi connectivity index (χ1) is 10.1.